The summed E-state index contributed by atoms with van der Waals surface area (Å²) in [6.45, 7) is 7.80. The van der Waals surface area contributed by atoms with E-state index in [9.17, 15) is 0 Å². The van der Waals surface area contributed by atoms with Gasteiger partial charge in [-0.15, -0.1) is 0 Å². The van der Waals surface area contributed by atoms with Crippen LogP contribution in [0.3, 0.4) is 0 Å². The van der Waals surface area contributed by atoms with Gasteiger partial charge >= 0.3 is 0 Å². The van der Waals surface area contributed by atoms with Crippen LogP contribution in [-0.4, -0.2) is 13.2 Å². The van der Waals surface area contributed by atoms with Crippen LogP contribution in [0.5, 0.6) is 0 Å². The summed E-state index contributed by atoms with van der Waals surface area (Å²) in [5, 5.41) is 3.40. The van der Waals surface area contributed by atoms with E-state index in [1.54, 1.807) is 6.26 Å². The Kier molecular flexibility index (Phi) is 6.34. The van der Waals surface area contributed by atoms with E-state index in [-0.39, 0.29) is 0 Å². The summed E-state index contributed by atoms with van der Waals surface area (Å²) < 4.78 is 11.4. The summed E-state index contributed by atoms with van der Waals surface area (Å²) in [4.78, 5) is 0. The van der Waals surface area contributed by atoms with Crippen molar-refractivity contribution in [1.82, 2.24) is 5.32 Å². The van der Waals surface area contributed by atoms with E-state index in [4.69, 9.17) is 9.15 Å². The molecule has 2 rings (SSSR count). The lowest BCUT2D eigenvalue weighted by atomic mass is 9.85. The fourth-order valence-electron chi connectivity index (χ4n) is 2.59. The highest BCUT2D eigenvalue weighted by atomic mass is 16.5. The van der Waals surface area contributed by atoms with Crippen molar-refractivity contribution in [2.75, 3.05) is 13.2 Å². The van der Waals surface area contributed by atoms with Gasteiger partial charge in [0.25, 0.3) is 0 Å². The Balaban J connectivity index is 1.73. The van der Waals surface area contributed by atoms with E-state index in [1.165, 1.54) is 12.0 Å². The van der Waals surface area contributed by atoms with Gasteiger partial charge in [-0.05, 0) is 43.7 Å². The number of ether oxygens (including phenoxy) is 1. The van der Waals surface area contributed by atoms with Gasteiger partial charge in [-0.2, -0.15) is 0 Å². The highest BCUT2D eigenvalue weighted by Crippen LogP contribution is 2.25. The zero-order chi connectivity index (χ0) is 14.2. The Morgan fingerprint density at radius 1 is 1.35 bits per heavy atom. The molecule has 0 saturated heterocycles. The van der Waals surface area contributed by atoms with E-state index >= 15 is 0 Å². The summed E-state index contributed by atoms with van der Waals surface area (Å²) in [7, 11) is 0. The normalized spacial score (nSPS) is 22.3. The minimum atomic E-state index is 0.586. The molecule has 0 spiro atoms. The SMILES string of the molecule is CCCNCc1ccoc1COCC1CC=CCC1C. The molecule has 0 aromatic carbocycles. The van der Waals surface area contributed by atoms with Crippen LogP contribution < -0.4 is 5.32 Å². The van der Waals surface area contributed by atoms with E-state index in [0.717, 1.165) is 44.2 Å². The van der Waals surface area contributed by atoms with Crippen LogP contribution in [0.2, 0.25) is 0 Å². The van der Waals surface area contributed by atoms with E-state index in [2.05, 4.69) is 31.3 Å². The summed E-state index contributed by atoms with van der Waals surface area (Å²) in [6.07, 6.45) is 9.79. The largest absolute Gasteiger partial charge is 0.467 e. The van der Waals surface area contributed by atoms with Crippen molar-refractivity contribution in [3.8, 4) is 0 Å². The maximum absolute atomic E-state index is 5.88. The Morgan fingerprint density at radius 3 is 3.00 bits per heavy atom. The second-order valence-corrected chi connectivity index (χ2v) is 5.74. The van der Waals surface area contributed by atoms with Gasteiger partial charge in [0.2, 0.25) is 0 Å². The second-order valence-electron chi connectivity index (χ2n) is 5.74. The van der Waals surface area contributed by atoms with Crippen LogP contribution >= 0.6 is 0 Å². The molecule has 0 fully saturated rings. The average molecular weight is 277 g/mol. The third-order valence-corrected chi connectivity index (χ3v) is 4.06. The van der Waals surface area contributed by atoms with Gasteiger partial charge in [0, 0.05) is 12.1 Å². The molecule has 20 heavy (non-hydrogen) atoms. The number of rotatable bonds is 8. The van der Waals surface area contributed by atoms with Gasteiger partial charge in [-0.1, -0.05) is 26.0 Å². The fourth-order valence-corrected chi connectivity index (χ4v) is 2.59. The van der Waals surface area contributed by atoms with Crippen molar-refractivity contribution in [1.29, 1.82) is 0 Å². The molecular weight excluding hydrogens is 250 g/mol. The van der Waals surface area contributed by atoms with Gasteiger partial charge in [0.15, 0.2) is 0 Å². The fraction of sp³-hybridized carbons (Fsp3) is 0.647. The van der Waals surface area contributed by atoms with E-state index in [1.807, 2.05) is 6.07 Å². The minimum Gasteiger partial charge on any atom is -0.467 e. The quantitative estimate of drug-likeness (QED) is 0.578. The molecule has 0 radical (unpaired) electrons. The van der Waals surface area contributed by atoms with Gasteiger partial charge < -0.3 is 14.5 Å². The molecule has 2 atom stereocenters. The minimum absolute atomic E-state index is 0.586. The maximum Gasteiger partial charge on any atom is 0.133 e. The summed E-state index contributed by atoms with van der Waals surface area (Å²) >= 11 is 0. The van der Waals surface area contributed by atoms with Crippen molar-refractivity contribution in [3.05, 3.63) is 35.8 Å². The number of nitrogens with one attached hydrogen (secondary N) is 1. The summed E-state index contributed by atoms with van der Waals surface area (Å²) in [6, 6.07) is 2.04. The zero-order valence-corrected chi connectivity index (χ0v) is 12.7. The third kappa shape index (κ3) is 4.50. The van der Waals surface area contributed by atoms with Crippen molar-refractivity contribution in [3.63, 3.8) is 0 Å². The summed E-state index contributed by atoms with van der Waals surface area (Å²) in [5.74, 6) is 2.34. The number of hydrogen-bond donors (Lipinski definition) is 1. The molecule has 1 heterocycles. The van der Waals surface area contributed by atoms with Crippen molar-refractivity contribution >= 4 is 0 Å². The Morgan fingerprint density at radius 2 is 2.20 bits per heavy atom. The molecule has 3 heteroatoms. The van der Waals surface area contributed by atoms with Gasteiger partial charge in [-0.25, -0.2) is 0 Å². The van der Waals surface area contributed by atoms with Crippen LogP contribution in [0.4, 0.5) is 0 Å². The lowest BCUT2D eigenvalue weighted by Gasteiger charge is -2.24. The van der Waals surface area contributed by atoms with E-state index < -0.39 is 0 Å². The molecule has 1 aliphatic rings. The molecule has 1 aromatic heterocycles. The summed E-state index contributed by atoms with van der Waals surface area (Å²) in [5.41, 5.74) is 1.22. The first-order valence-electron chi connectivity index (χ1n) is 7.80. The number of furan rings is 1. The van der Waals surface area contributed by atoms with Gasteiger partial charge in [0.1, 0.15) is 12.4 Å². The lowest BCUT2D eigenvalue weighted by Crippen LogP contribution is -2.19. The molecular formula is C17H27NO2. The molecule has 0 amide bonds. The zero-order valence-electron chi connectivity index (χ0n) is 12.7. The Hall–Kier alpha value is -1.06. The Bertz CT molecular complexity index is 411. The predicted molar refractivity (Wildman–Crippen MR) is 81.4 cm³/mol. The molecule has 0 bridgehead atoms. The first-order chi connectivity index (χ1) is 9.81. The predicted octanol–water partition coefficient (Wildman–Crippen LogP) is 3.90. The number of hydrogen-bond acceptors (Lipinski definition) is 3. The molecule has 2 unspecified atom stereocenters. The molecule has 0 aliphatic heterocycles. The first-order valence-corrected chi connectivity index (χ1v) is 7.80. The van der Waals surface area contributed by atoms with Crippen LogP contribution in [0.15, 0.2) is 28.9 Å². The molecule has 3 nitrogen and oxygen atoms in total. The van der Waals surface area contributed by atoms with Gasteiger partial charge in [0.05, 0.1) is 12.9 Å². The molecule has 1 aliphatic carbocycles. The molecule has 112 valence electrons. The van der Waals surface area contributed by atoms with Crippen LogP contribution in [0.25, 0.3) is 0 Å². The molecule has 0 saturated carbocycles. The Labute approximate surface area is 122 Å². The van der Waals surface area contributed by atoms with Crippen LogP contribution in [0, 0.1) is 11.8 Å². The molecule has 1 N–H and O–H groups in total. The highest BCUT2D eigenvalue weighted by Gasteiger charge is 2.18. The number of allylic oxidation sites excluding steroid dienone is 2. The van der Waals surface area contributed by atoms with Crippen LogP contribution in [-0.2, 0) is 17.9 Å². The lowest BCUT2D eigenvalue weighted by molar-refractivity contribution is 0.0577. The molecule has 1 aromatic rings. The average Bonchev–Trinajstić information content (AvgIpc) is 2.89. The highest BCUT2D eigenvalue weighted by molar-refractivity contribution is 5.16. The topological polar surface area (TPSA) is 34.4 Å². The van der Waals surface area contributed by atoms with Crippen molar-refractivity contribution in [2.45, 2.75) is 46.3 Å². The maximum atomic E-state index is 5.88. The van der Waals surface area contributed by atoms with Gasteiger partial charge in [-0.3, -0.25) is 0 Å². The van der Waals surface area contributed by atoms with E-state index in [0.29, 0.717) is 12.5 Å². The van der Waals surface area contributed by atoms with Crippen LogP contribution in [0.1, 0.15) is 44.4 Å². The van der Waals surface area contributed by atoms with Crippen molar-refractivity contribution in [2.24, 2.45) is 11.8 Å². The monoisotopic (exact) mass is 277 g/mol. The first kappa shape index (κ1) is 15.3. The van der Waals surface area contributed by atoms with Crippen molar-refractivity contribution < 1.29 is 9.15 Å². The second kappa shape index (κ2) is 8.28. The standard InChI is InChI=1S/C17H27NO2/c1-3-9-18-11-15-8-10-20-17(15)13-19-12-16-7-5-4-6-14(16)2/h4-5,8,10,14,16,18H,3,6-7,9,11-13H2,1-2H3. The third-order valence-electron chi connectivity index (χ3n) is 4.06. The smallest absolute Gasteiger partial charge is 0.133 e.